The van der Waals surface area contributed by atoms with Crippen molar-refractivity contribution < 1.29 is 9.53 Å². The minimum absolute atomic E-state index is 0.0329. The third-order valence-corrected chi connectivity index (χ3v) is 3.70. The summed E-state index contributed by atoms with van der Waals surface area (Å²) in [6.45, 7) is 0. The van der Waals surface area contributed by atoms with Crippen LogP contribution in [0.25, 0.3) is 6.08 Å². The van der Waals surface area contributed by atoms with Crippen molar-refractivity contribution in [3.05, 3.63) is 71.3 Å². The van der Waals surface area contributed by atoms with Gasteiger partial charge in [-0.3, -0.25) is 4.79 Å². The van der Waals surface area contributed by atoms with Gasteiger partial charge in [-0.2, -0.15) is 0 Å². The van der Waals surface area contributed by atoms with Gasteiger partial charge in [-0.1, -0.05) is 48.6 Å². The number of rotatable bonds is 3. The maximum Gasteiger partial charge on any atom is 0.170 e. The molecule has 0 N–H and O–H groups in total. The number of benzene rings is 2. The van der Waals surface area contributed by atoms with Crippen molar-refractivity contribution in [1.29, 1.82) is 0 Å². The lowest BCUT2D eigenvalue weighted by atomic mass is 10.0. The van der Waals surface area contributed by atoms with E-state index < -0.39 is 0 Å². The van der Waals surface area contributed by atoms with E-state index in [0.29, 0.717) is 0 Å². The van der Waals surface area contributed by atoms with Crippen LogP contribution < -0.4 is 4.74 Å². The van der Waals surface area contributed by atoms with Crippen molar-refractivity contribution in [2.24, 2.45) is 5.92 Å². The highest BCUT2D eigenvalue weighted by atomic mass is 16.5. The Labute approximate surface area is 118 Å². The molecule has 0 radical (unpaired) electrons. The van der Waals surface area contributed by atoms with E-state index in [2.05, 4.69) is 0 Å². The first-order valence-electron chi connectivity index (χ1n) is 6.72. The van der Waals surface area contributed by atoms with E-state index >= 15 is 0 Å². The predicted octanol–water partition coefficient (Wildman–Crippen LogP) is 3.76. The van der Waals surface area contributed by atoms with Crippen molar-refractivity contribution in [1.82, 2.24) is 0 Å². The second kappa shape index (κ2) is 5.33. The Hall–Kier alpha value is -2.35. The summed E-state index contributed by atoms with van der Waals surface area (Å²) in [6.07, 6.45) is 4.82. The SMILES string of the molecule is COc1ccc(C=CC2Cc3ccccc3C2=O)cc1. The Bertz CT molecular complexity index is 653. The van der Waals surface area contributed by atoms with Crippen LogP contribution in [-0.4, -0.2) is 12.9 Å². The Kier molecular flexibility index (Phi) is 3.38. The lowest BCUT2D eigenvalue weighted by molar-refractivity contribution is 0.0960. The number of Topliss-reactive ketones (excluding diaryl/α,β-unsaturated/α-hetero) is 1. The number of methoxy groups -OCH3 is 1. The van der Waals surface area contributed by atoms with Gasteiger partial charge in [-0.25, -0.2) is 0 Å². The average molecular weight is 264 g/mol. The second-order valence-electron chi connectivity index (χ2n) is 4.96. The first-order chi connectivity index (χ1) is 9.78. The topological polar surface area (TPSA) is 26.3 Å². The van der Waals surface area contributed by atoms with Gasteiger partial charge in [0.1, 0.15) is 5.75 Å². The summed E-state index contributed by atoms with van der Waals surface area (Å²) in [4.78, 5) is 12.2. The number of carbonyl (C=O) groups excluding carboxylic acids is 1. The molecule has 2 aromatic rings. The van der Waals surface area contributed by atoms with Gasteiger partial charge in [-0.15, -0.1) is 0 Å². The minimum Gasteiger partial charge on any atom is -0.497 e. The smallest absolute Gasteiger partial charge is 0.170 e. The molecule has 2 nitrogen and oxygen atoms in total. The Morgan fingerprint density at radius 1 is 1.10 bits per heavy atom. The number of ether oxygens (including phenoxy) is 1. The molecule has 1 aliphatic carbocycles. The van der Waals surface area contributed by atoms with Crippen LogP contribution in [0.5, 0.6) is 5.75 Å². The molecule has 20 heavy (non-hydrogen) atoms. The number of carbonyl (C=O) groups is 1. The van der Waals surface area contributed by atoms with Crippen LogP contribution in [0.1, 0.15) is 21.5 Å². The van der Waals surface area contributed by atoms with Gasteiger partial charge in [-0.05, 0) is 29.7 Å². The van der Waals surface area contributed by atoms with Crippen molar-refractivity contribution in [3.63, 3.8) is 0 Å². The summed E-state index contributed by atoms with van der Waals surface area (Å²) in [6, 6.07) is 15.7. The van der Waals surface area contributed by atoms with Gasteiger partial charge in [0.15, 0.2) is 5.78 Å². The molecule has 0 amide bonds. The summed E-state index contributed by atoms with van der Waals surface area (Å²) in [5.74, 6) is 1.03. The fourth-order valence-corrected chi connectivity index (χ4v) is 2.57. The standard InChI is InChI=1S/C18H16O2/c1-20-16-10-7-13(8-11-16)6-9-15-12-14-4-2-3-5-17(14)18(15)19/h2-11,15H,12H2,1H3. The number of hydrogen-bond donors (Lipinski definition) is 0. The van der Waals surface area contributed by atoms with Crippen molar-refractivity contribution in [2.45, 2.75) is 6.42 Å². The zero-order valence-electron chi connectivity index (χ0n) is 11.4. The number of ketones is 1. The number of hydrogen-bond acceptors (Lipinski definition) is 2. The molecule has 0 saturated heterocycles. The molecule has 0 fully saturated rings. The summed E-state index contributed by atoms with van der Waals surface area (Å²) in [5.41, 5.74) is 3.10. The minimum atomic E-state index is -0.0329. The zero-order valence-corrected chi connectivity index (χ0v) is 11.4. The second-order valence-corrected chi connectivity index (χ2v) is 4.96. The summed E-state index contributed by atoms with van der Waals surface area (Å²) >= 11 is 0. The van der Waals surface area contributed by atoms with Crippen molar-refractivity contribution in [3.8, 4) is 5.75 Å². The van der Waals surface area contributed by atoms with E-state index in [0.717, 1.165) is 28.9 Å². The fourth-order valence-electron chi connectivity index (χ4n) is 2.57. The zero-order chi connectivity index (χ0) is 13.9. The van der Waals surface area contributed by atoms with Crippen LogP contribution in [-0.2, 0) is 6.42 Å². The summed E-state index contributed by atoms with van der Waals surface area (Å²) in [7, 11) is 1.65. The molecule has 100 valence electrons. The summed E-state index contributed by atoms with van der Waals surface area (Å²) < 4.78 is 5.13. The van der Waals surface area contributed by atoms with E-state index in [-0.39, 0.29) is 11.7 Å². The van der Waals surface area contributed by atoms with E-state index in [9.17, 15) is 4.79 Å². The molecule has 0 heterocycles. The van der Waals surface area contributed by atoms with E-state index in [1.807, 2.05) is 60.7 Å². The quantitative estimate of drug-likeness (QED) is 0.843. The van der Waals surface area contributed by atoms with Gasteiger partial charge in [0.05, 0.1) is 7.11 Å². The number of fused-ring (bicyclic) bond motifs is 1. The van der Waals surface area contributed by atoms with Crippen LogP contribution in [0.2, 0.25) is 0 Å². The van der Waals surface area contributed by atoms with Crippen LogP contribution in [0.4, 0.5) is 0 Å². The molecule has 0 aliphatic heterocycles. The largest absolute Gasteiger partial charge is 0.497 e. The third-order valence-electron chi connectivity index (χ3n) is 3.70. The summed E-state index contributed by atoms with van der Waals surface area (Å²) in [5, 5.41) is 0. The molecule has 2 heteroatoms. The molecule has 1 atom stereocenters. The highest BCUT2D eigenvalue weighted by Gasteiger charge is 2.27. The van der Waals surface area contributed by atoms with E-state index in [1.165, 1.54) is 0 Å². The molecule has 0 bridgehead atoms. The molecule has 0 aromatic heterocycles. The molecular formula is C18H16O2. The Balaban J connectivity index is 1.76. The van der Waals surface area contributed by atoms with Crippen LogP contribution >= 0.6 is 0 Å². The molecule has 0 spiro atoms. The van der Waals surface area contributed by atoms with Crippen LogP contribution in [0, 0.1) is 5.92 Å². The Morgan fingerprint density at radius 2 is 1.85 bits per heavy atom. The van der Waals surface area contributed by atoms with Crippen molar-refractivity contribution >= 4 is 11.9 Å². The highest BCUT2D eigenvalue weighted by Crippen LogP contribution is 2.28. The molecule has 2 aromatic carbocycles. The lowest BCUT2D eigenvalue weighted by Gasteiger charge is -2.01. The first kappa shape index (κ1) is 12.7. The van der Waals surface area contributed by atoms with Gasteiger partial charge in [0, 0.05) is 11.5 Å². The average Bonchev–Trinajstić information content (AvgIpc) is 2.83. The predicted molar refractivity (Wildman–Crippen MR) is 80.0 cm³/mol. The van der Waals surface area contributed by atoms with Gasteiger partial charge in [0.2, 0.25) is 0 Å². The van der Waals surface area contributed by atoms with Crippen LogP contribution in [0.15, 0.2) is 54.6 Å². The van der Waals surface area contributed by atoms with Crippen molar-refractivity contribution in [2.75, 3.05) is 7.11 Å². The maximum absolute atomic E-state index is 12.2. The molecule has 1 unspecified atom stereocenters. The van der Waals surface area contributed by atoms with Gasteiger partial charge in [0.25, 0.3) is 0 Å². The van der Waals surface area contributed by atoms with E-state index in [4.69, 9.17) is 4.74 Å². The molecular weight excluding hydrogens is 248 g/mol. The molecule has 0 saturated carbocycles. The highest BCUT2D eigenvalue weighted by molar-refractivity contribution is 6.03. The number of allylic oxidation sites excluding steroid dienone is 1. The monoisotopic (exact) mass is 264 g/mol. The van der Waals surface area contributed by atoms with Crippen LogP contribution in [0.3, 0.4) is 0 Å². The fraction of sp³-hybridized carbons (Fsp3) is 0.167. The van der Waals surface area contributed by atoms with E-state index in [1.54, 1.807) is 7.11 Å². The third kappa shape index (κ3) is 2.37. The first-order valence-corrected chi connectivity index (χ1v) is 6.72. The normalized spacial score (nSPS) is 17.4. The maximum atomic E-state index is 12.2. The molecule has 1 aliphatic rings. The van der Waals surface area contributed by atoms with Gasteiger partial charge >= 0.3 is 0 Å². The lowest BCUT2D eigenvalue weighted by Crippen LogP contribution is -2.04. The van der Waals surface area contributed by atoms with Gasteiger partial charge < -0.3 is 4.74 Å². The Morgan fingerprint density at radius 3 is 2.55 bits per heavy atom. The molecule has 3 rings (SSSR count).